The van der Waals surface area contributed by atoms with E-state index in [4.69, 9.17) is 4.74 Å². The van der Waals surface area contributed by atoms with Crippen LogP contribution < -0.4 is 20.7 Å². The molecule has 1 aromatic rings. The molecule has 1 aliphatic rings. The molecule has 1 aromatic carbocycles. The molecule has 0 radical (unpaired) electrons. The van der Waals surface area contributed by atoms with Gasteiger partial charge in [0.15, 0.2) is 0 Å². The number of anilines is 1. The van der Waals surface area contributed by atoms with Crippen LogP contribution in [0.4, 0.5) is 10.5 Å². The van der Waals surface area contributed by atoms with Crippen molar-refractivity contribution in [1.29, 1.82) is 0 Å². The Morgan fingerprint density at radius 1 is 1.30 bits per heavy atom. The van der Waals surface area contributed by atoms with E-state index < -0.39 is 0 Å². The van der Waals surface area contributed by atoms with E-state index in [0.717, 1.165) is 37.4 Å². The predicted molar refractivity (Wildman–Crippen MR) is 80.2 cm³/mol. The molecule has 20 heavy (non-hydrogen) atoms. The molecule has 0 aliphatic carbocycles. The highest BCUT2D eigenvalue weighted by molar-refractivity contribution is 5.89. The standard InChI is InChI=1S/C15H23N3O2/c1-15(7-9-16-10-8-15)11-17-14(19)18-12-3-5-13(20-2)6-4-12/h3-6,16H,7-11H2,1-2H3,(H2,17,18,19). The van der Waals surface area contributed by atoms with E-state index in [-0.39, 0.29) is 11.4 Å². The van der Waals surface area contributed by atoms with E-state index in [1.165, 1.54) is 0 Å². The van der Waals surface area contributed by atoms with Crippen molar-refractivity contribution in [3.8, 4) is 5.75 Å². The second-order valence-corrected chi connectivity index (χ2v) is 5.60. The smallest absolute Gasteiger partial charge is 0.319 e. The van der Waals surface area contributed by atoms with Crippen LogP contribution in [0.25, 0.3) is 0 Å². The molecule has 3 N–H and O–H groups in total. The molecule has 110 valence electrons. The van der Waals surface area contributed by atoms with Crippen LogP contribution in [0.1, 0.15) is 19.8 Å². The number of carbonyl (C=O) groups is 1. The lowest BCUT2D eigenvalue weighted by atomic mass is 9.81. The van der Waals surface area contributed by atoms with Gasteiger partial charge in [0.1, 0.15) is 5.75 Å². The Morgan fingerprint density at radius 3 is 2.55 bits per heavy atom. The zero-order valence-electron chi connectivity index (χ0n) is 12.2. The number of hydrogen-bond acceptors (Lipinski definition) is 3. The summed E-state index contributed by atoms with van der Waals surface area (Å²) in [5.41, 5.74) is 0.960. The summed E-state index contributed by atoms with van der Waals surface area (Å²) < 4.78 is 5.08. The van der Waals surface area contributed by atoms with E-state index in [9.17, 15) is 4.79 Å². The lowest BCUT2D eigenvalue weighted by Crippen LogP contribution is -2.43. The first-order valence-corrected chi connectivity index (χ1v) is 7.01. The Labute approximate surface area is 120 Å². The number of nitrogens with one attached hydrogen (secondary N) is 3. The molecule has 0 saturated carbocycles. The third-order valence-electron chi connectivity index (χ3n) is 3.83. The molecular formula is C15H23N3O2. The van der Waals surface area contributed by atoms with Crippen molar-refractivity contribution in [3.05, 3.63) is 24.3 Å². The highest BCUT2D eigenvalue weighted by atomic mass is 16.5. The van der Waals surface area contributed by atoms with Crippen molar-refractivity contribution in [1.82, 2.24) is 10.6 Å². The lowest BCUT2D eigenvalue weighted by Gasteiger charge is -2.34. The van der Waals surface area contributed by atoms with Gasteiger partial charge in [0.25, 0.3) is 0 Å². The maximum Gasteiger partial charge on any atom is 0.319 e. The Kier molecular flexibility index (Phi) is 4.84. The fraction of sp³-hybridized carbons (Fsp3) is 0.533. The first kappa shape index (κ1) is 14.7. The fourth-order valence-electron chi connectivity index (χ4n) is 2.35. The SMILES string of the molecule is COc1ccc(NC(=O)NCC2(C)CCNCC2)cc1. The highest BCUT2D eigenvalue weighted by Crippen LogP contribution is 2.26. The summed E-state index contributed by atoms with van der Waals surface area (Å²) in [7, 11) is 1.62. The largest absolute Gasteiger partial charge is 0.497 e. The zero-order valence-corrected chi connectivity index (χ0v) is 12.2. The topological polar surface area (TPSA) is 62.4 Å². The van der Waals surface area contributed by atoms with Crippen molar-refractivity contribution >= 4 is 11.7 Å². The average molecular weight is 277 g/mol. The van der Waals surface area contributed by atoms with Gasteiger partial charge in [-0.25, -0.2) is 4.79 Å². The number of hydrogen-bond donors (Lipinski definition) is 3. The molecule has 5 heteroatoms. The molecule has 1 aliphatic heterocycles. The van der Waals surface area contributed by atoms with Crippen LogP contribution in [0.2, 0.25) is 0 Å². The number of methoxy groups -OCH3 is 1. The summed E-state index contributed by atoms with van der Waals surface area (Å²) in [5, 5.41) is 9.13. The molecule has 0 unspecified atom stereocenters. The Morgan fingerprint density at radius 2 is 1.95 bits per heavy atom. The summed E-state index contributed by atoms with van der Waals surface area (Å²) in [5.74, 6) is 0.776. The maximum atomic E-state index is 11.9. The molecule has 2 amide bonds. The lowest BCUT2D eigenvalue weighted by molar-refractivity contribution is 0.213. The summed E-state index contributed by atoms with van der Waals surface area (Å²) in [6, 6.07) is 7.14. The van der Waals surface area contributed by atoms with Crippen molar-refractivity contribution in [2.24, 2.45) is 5.41 Å². The number of amides is 2. The summed E-state index contributed by atoms with van der Waals surface area (Å²) in [6.45, 7) is 4.98. The minimum atomic E-state index is -0.157. The van der Waals surface area contributed by atoms with Gasteiger partial charge in [-0.3, -0.25) is 0 Å². The quantitative estimate of drug-likeness (QED) is 0.790. The molecule has 2 rings (SSSR count). The van der Waals surface area contributed by atoms with E-state index in [1.54, 1.807) is 7.11 Å². The van der Waals surface area contributed by atoms with Crippen LogP contribution in [0, 0.1) is 5.41 Å². The Hall–Kier alpha value is -1.75. The van der Waals surface area contributed by atoms with Gasteiger partial charge in [0.2, 0.25) is 0 Å². The van der Waals surface area contributed by atoms with Gasteiger partial charge >= 0.3 is 6.03 Å². The van der Waals surface area contributed by atoms with E-state index >= 15 is 0 Å². The van der Waals surface area contributed by atoms with Crippen molar-refractivity contribution in [3.63, 3.8) is 0 Å². The van der Waals surface area contributed by atoms with Gasteiger partial charge in [0.05, 0.1) is 7.11 Å². The summed E-state index contributed by atoms with van der Waals surface area (Å²) in [6.07, 6.45) is 2.19. The molecule has 1 fully saturated rings. The summed E-state index contributed by atoms with van der Waals surface area (Å²) >= 11 is 0. The molecule has 1 saturated heterocycles. The second-order valence-electron chi connectivity index (χ2n) is 5.60. The Bertz CT molecular complexity index is 439. The zero-order chi connectivity index (χ0) is 14.4. The van der Waals surface area contributed by atoms with Gasteiger partial charge in [-0.05, 0) is 55.6 Å². The number of rotatable bonds is 4. The number of piperidine rings is 1. The van der Waals surface area contributed by atoms with E-state index in [1.807, 2.05) is 24.3 Å². The molecular weight excluding hydrogens is 254 g/mol. The van der Waals surface area contributed by atoms with E-state index in [2.05, 4.69) is 22.9 Å². The third-order valence-corrected chi connectivity index (χ3v) is 3.83. The summed E-state index contributed by atoms with van der Waals surface area (Å²) in [4.78, 5) is 11.9. The van der Waals surface area contributed by atoms with Crippen LogP contribution >= 0.6 is 0 Å². The molecule has 5 nitrogen and oxygen atoms in total. The molecule has 0 aromatic heterocycles. The second kappa shape index (κ2) is 6.61. The number of benzene rings is 1. The molecule has 0 atom stereocenters. The monoisotopic (exact) mass is 277 g/mol. The Balaban J connectivity index is 1.79. The normalized spacial score (nSPS) is 17.3. The van der Waals surface area contributed by atoms with Crippen LogP contribution in [0.3, 0.4) is 0 Å². The minimum Gasteiger partial charge on any atom is -0.497 e. The van der Waals surface area contributed by atoms with Gasteiger partial charge in [-0.1, -0.05) is 6.92 Å². The van der Waals surface area contributed by atoms with Crippen LogP contribution in [-0.2, 0) is 0 Å². The molecule has 1 heterocycles. The van der Waals surface area contributed by atoms with Crippen LogP contribution in [0.5, 0.6) is 5.75 Å². The van der Waals surface area contributed by atoms with Gasteiger partial charge in [0, 0.05) is 12.2 Å². The molecule has 0 bridgehead atoms. The van der Waals surface area contributed by atoms with Gasteiger partial charge < -0.3 is 20.7 Å². The van der Waals surface area contributed by atoms with E-state index in [0.29, 0.717) is 6.54 Å². The van der Waals surface area contributed by atoms with Crippen molar-refractivity contribution in [2.75, 3.05) is 32.1 Å². The third kappa shape index (κ3) is 4.13. The maximum absolute atomic E-state index is 11.9. The number of urea groups is 1. The van der Waals surface area contributed by atoms with Crippen LogP contribution in [0.15, 0.2) is 24.3 Å². The number of ether oxygens (including phenoxy) is 1. The fourth-order valence-corrected chi connectivity index (χ4v) is 2.35. The minimum absolute atomic E-state index is 0.157. The highest BCUT2D eigenvalue weighted by Gasteiger charge is 2.26. The van der Waals surface area contributed by atoms with Gasteiger partial charge in [-0.15, -0.1) is 0 Å². The average Bonchev–Trinajstić information content (AvgIpc) is 2.47. The van der Waals surface area contributed by atoms with Crippen molar-refractivity contribution in [2.45, 2.75) is 19.8 Å². The van der Waals surface area contributed by atoms with Gasteiger partial charge in [-0.2, -0.15) is 0 Å². The number of carbonyl (C=O) groups excluding carboxylic acids is 1. The molecule has 0 spiro atoms. The first-order valence-electron chi connectivity index (χ1n) is 7.01. The van der Waals surface area contributed by atoms with Crippen molar-refractivity contribution < 1.29 is 9.53 Å². The first-order chi connectivity index (χ1) is 9.61. The van der Waals surface area contributed by atoms with Crippen LogP contribution in [-0.4, -0.2) is 32.8 Å². The predicted octanol–water partition coefficient (Wildman–Crippen LogP) is 2.21.